The van der Waals surface area contributed by atoms with Gasteiger partial charge in [0.25, 0.3) is 0 Å². The van der Waals surface area contributed by atoms with Gasteiger partial charge in [0.1, 0.15) is 0 Å². The Hall–Kier alpha value is 0. The van der Waals surface area contributed by atoms with E-state index in [1.54, 1.807) is 0 Å². The minimum Gasteiger partial charge on any atom is -0.0654 e. The molecule has 0 aliphatic carbocycles. The lowest BCUT2D eigenvalue weighted by atomic mass is 10.0. The van der Waals surface area contributed by atoms with Crippen LogP contribution in [0.15, 0.2) is 0 Å². The average Bonchev–Trinajstić information content (AvgIpc) is 3.18. The monoisotopic (exact) mass is 758 g/mol. The number of unbranched alkanes of at least 4 members (excludes halogenated alkanes) is 51. The molecule has 0 aromatic carbocycles. The lowest BCUT2D eigenvalue weighted by Gasteiger charge is -2.05. The topological polar surface area (TPSA) is 0 Å². The molecule has 1 radical (unpaired) electrons. The Bertz CT molecular complexity index is 541. The van der Waals surface area contributed by atoms with Crippen LogP contribution in [0.1, 0.15) is 341 Å². The Kier molecular flexibility index (Phi) is 53.0. The molecule has 0 saturated heterocycles. The van der Waals surface area contributed by atoms with Gasteiger partial charge in [-0.3, -0.25) is 0 Å². The molecule has 0 N–H and O–H groups in total. The molecule has 0 atom stereocenters. The van der Waals surface area contributed by atoms with Gasteiger partial charge in [0.2, 0.25) is 0 Å². The van der Waals surface area contributed by atoms with Crippen LogP contribution in [0.4, 0.5) is 0 Å². The maximum atomic E-state index is 2.61. The second kappa shape index (κ2) is 53.0. The van der Waals surface area contributed by atoms with Gasteiger partial charge in [-0.1, -0.05) is 341 Å². The Morgan fingerprint density at radius 2 is 0.259 bits per heavy atom. The SMILES string of the molecule is CCCCCCCCCCCCCCCCCCCC[CH]CCCCCCCCCCCCCCCCCCCCCCCCCCCCCCCCC. The summed E-state index contributed by atoms with van der Waals surface area (Å²) < 4.78 is 0. The Labute approximate surface area is 346 Å². The third kappa shape index (κ3) is 52.0. The lowest BCUT2D eigenvalue weighted by molar-refractivity contribution is 0.512. The van der Waals surface area contributed by atoms with Crippen LogP contribution in [0, 0.1) is 6.42 Å². The predicted octanol–water partition coefficient (Wildman–Crippen LogP) is 21.1. The molecule has 0 rings (SSSR count). The van der Waals surface area contributed by atoms with Crippen LogP contribution < -0.4 is 0 Å². The summed E-state index contributed by atoms with van der Waals surface area (Å²) in [5, 5.41) is 0. The molecule has 0 saturated carbocycles. The van der Waals surface area contributed by atoms with Crippen molar-refractivity contribution in [2.75, 3.05) is 0 Å². The molecule has 0 heterocycles. The minimum absolute atomic E-state index is 1.37. The number of hydrogen-bond donors (Lipinski definition) is 0. The summed E-state index contributed by atoms with van der Waals surface area (Å²) in [6.07, 6.45) is 77.9. The zero-order chi connectivity index (χ0) is 38.8. The van der Waals surface area contributed by atoms with Crippen LogP contribution in [0.25, 0.3) is 0 Å². The summed E-state index contributed by atoms with van der Waals surface area (Å²) in [5.74, 6) is 0. The first-order valence-corrected chi connectivity index (χ1v) is 26.7. The Balaban J connectivity index is 3.05. The molecule has 0 aromatic heterocycles. The first-order valence-electron chi connectivity index (χ1n) is 26.7. The van der Waals surface area contributed by atoms with Gasteiger partial charge in [-0.05, 0) is 6.42 Å². The zero-order valence-corrected chi connectivity index (χ0v) is 38.6. The molecule has 0 aromatic rings. The minimum atomic E-state index is 1.37. The fourth-order valence-electron chi connectivity index (χ4n) is 8.82. The van der Waals surface area contributed by atoms with E-state index in [-0.39, 0.29) is 0 Å². The molecule has 0 nitrogen and oxygen atoms in total. The number of hydrogen-bond acceptors (Lipinski definition) is 0. The van der Waals surface area contributed by atoms with Gasteiger partial charge in [-0.25, -0.2) is 0 Å². The van der Waals surface area contributed by atoms with Crippen LogP contribution in [0.3, 0.4) is 0 Å². The molecule has 0 amide bonds. The van der Waals surface area contributed by atoms with Crippen LogP contribution in [0.2, 0.25) is 0 Å². The van der Waals surface area contributed by atoms with E-state index in [2.05, 4.69) is 20.3 Å². The van der Waals surface area contributed by atoms with E-state index in [4.69, 9.17) is 0 Å². The predicted molar refractivity (Wildman–Crippen MR) is 251 cm³/mol. The van der Waals surface area contributed by atoms with Crippen LogP contribution >= 0.6 is 0 Å². The van der Waals surface area contributed by atoms with Crippen molar-refractivity contribution in [1.82, 2.24) is 0 Å². The van der Waals surface area contributed by atoms with Crippen molar-refractivity contribution in [2.24, 2.45) is 0 Å². The van der Waals surface area contributed by atoms with Crippen molar-refractivity contribution in [1.29, 1.82) is 0 Å². The third-order valence-corrected chi connectivity index (χ3v) is 12.8. The molecule has 0 heteroatoms. The van der Waals surface area contributed by atoms with E-state index in [0.717, 1.165) is 0 Å². The highest BCUT2D eigenvalue weighted by atomic mass is 14.1. The van der Waals surface area contributed by atoms with E-state index in [1.807, 2.05) is 0 Å². The molecule has 0 bridgehead atoms. The highest BCUT2D eigenvalue weighted by Crippen LogP contribution is 2.19. The van der Waals surface area contributed by atoms with Crippen molar-refractivity contribution in [3.8, 4) is 0 Å². The molecule has 0 spiro atoms. The van der Waals surface area contributed by atoms with Gasteiger partial charge in [-0.15, -0.1) is 0 Å². The summed E-state index contributed by atoms with van der Waals surface area (Å²) >= 11 is 0. The number of rotatable bonds is 51. The maximum Gasteiger partial charge on any atom is -0.0386 e. The van der Waals surface area contributed by atoms with E-state index < -0.39 is 0 Å². The smallest absolute Gasteiger partial charge is 0.0386 e. The summed E-state index contributed by atoms with van der Waals surface area (Å²) in [6.45, 7) is 4.62. The Morgan fingerprint density at radius 1 is 0.148 bits per heavy atom. The van der Waals surface area contributed by atoms with E-state index in [1.165, 1.54) is 327 Å². The summed E-state index contributed by atoms with van der Waals surface area (Å²) in [6, 6.07) is 0. The first-order chi connectivity index (χ1) is 26.9. The van der Waals surface area contributed by atoms with Crippen molar-refractivity contribution in [3.05, 3.63) is 6.42 Å². The zero-order valence-electron chi connectivity index (χ0n) is 38.6. The standard InChI is InChI=1S/C54H109/c1-3-5-7-9-11-13-15-17-19-21-23-25-27-29-31-33-35-37-39-41-43-45-47-49-51-53-54-52-50-48-46-44-42-40-38-36-34-32-30-28-26-24-22-20-18-16-14-12-10-8-6-4-2/h41H,3-40,42-54H2,1-2H3. The van der Waals surface area contributed by atoms with Gasteiger partial charge in [0.15, 0.2) is 0 Å². The molecule has 0 aliphatic heterocycles. The van der Waals surface area contributed by atoms with Crippen molar-refractivity contribution in [2.45, 2.75) is 341 Å². The summed E-state index contributed by atoms with van der Waals surface area (Å²) in [7, 11) is 0. The van der Waals surface area contributed by atoms with Crippen LogP contribution in [0.5, 0.6) is 0 Å². The molecule has 54 heavy (non-hydrogen) atoms. The summed E-state index contributed by atoms with van der Waals surface area (Å²) in [4.78, 5) is 0. The lowest BCUT2D eigenvalue weighted by Crippen LogP contribution is -1.85. The molecule has 0 unspecified atom stereocenters. The maximum absolute atomic E-state index is 2.61. The molecule has 0 aliphatic rings. The normalized spacial score (nSPS) is 11.7. The molecular formula is C54H109. The first kappa shape index (κ1) is 54.0. The highest BCUT2D eigenvalue weighted by Gasteiger charge is 1.99. The fraction of sp³-hybridized carbons (Fsp3) is 0.981. The van der Waals surface area contributed by atoms with E-state index in [0.29, 0.717) is 0 Å². The van der Waals surface area contributed by atoms with Crippen molar-refractivity contribution >= 4 is 0 Å². The average molecular weight is 758 g/mol. The Morgan fingerprint density at radius 3 is 0.389 bits per heavy atom. The fourth-order valence-corrected chi connectivity index (χ4v) is 8.82. The van der Waals surface area contributed by atoms with Crippen molar-refractivity contribution in [3.63, 3.8) is 0 Å². The quantitative estimate of drug-likeness (QED) is 0.0542. The van der Waals surface area contributed by atoms with Gasteiger partial charge < -0.3 is 0 Å². The van der Waals surface area contributed by atoms with Gasteiger partial charge in [0.05, 0.1) is 0 Å². The second-order valence-electron chi connectivity index (χ2n) is 18.5. The van der Waals surface area contributed by atoms with Crippen LogP contribution in [-0.4, -0.2) is 0 Å². The third-order valence-electron chi connectivity index (χ3n) is 12.8. The van der Waals surface area contributed by atoms with Crippen molar-refractivity contribution < 1.29 is 0 Å². The molecule has 0 fully saturated rings. The van der Waals surface area contributed by atoms with Crippen LogP contribution in [-0.2, 0) is 0 Å². The van der Waals surface area contributed by atoms with E-state index >= 15 is 0 Å². The molecular weight excluding hydrogens is 649 g/mol. The van der Waals surface area contributed by atoms with Gasteiger partial charge in [0, 0.05) is 0 Å². The summed E-state index contributed by atoms with van der Waals surface area (Å²) in [5.41, 5.74) is 0. The van der Waals surface area contributed by atoms with E-state index in [9.17, 15) is 0 Å². The van der Waals surface area contributed by atoms with Gasteiger partial charge >= 0.3 is 0 Å². The van der Waals surface area contributed by atoms with Gasteiger partial charge in [-0.2, -0.15) is 0 Å². The second-order valence-corrected chi connectivity index (χ2v) is 18.5. The largest absolute Gasteiger partial charge is 0.0654 e. The highest BCUT2D eigenvalue weighted by molar-refractivity contribution is 4.65. The molecule has 325 valence electrons.